The Labute approximate surface area is 115 Å². The van der Waals surface area contributed by atoms with Gasteiger partial charge in [0.2, 0.25) is 0 Å². The Morgan fingerprint density at radius 1 is 1.58 bits per heavy atom. The third-order valence-electron chi connectivity index (χ3n) is 2.81. The zero-order valence-electron chi connectivity index (χ0n) is 10.7. The van der Waals surface area contributed by atoms with E-state index in [1.54, 1.807) is 17.1 Å². The fraction of sp³-hybridized carbons (Fsp3) is 0.545. The van der Waals surface area contributed by atoms with Crippen LogP contribution in [0.25, 0.3) is 0 Å². The zero-order valence-corrected chi connectivity index (χ0v) is 11.6. The van der Waals surface area contributed by atoms with Gasteiger partial charge in [0, 0.05) is 18.0 Å². The van der Waals surface area contributed by atoms with Crippen molar-refractivity contribution in [1.82, 2.24) is 14.7 Å². The Kier molecular flexibility index (Phi) is 3.98. The van der Waals surface area contributed by atoms with Crippen LogP contribution in [0.1, 0.15) is 19.9 Å². The Hall–Kier alpha value is -1.70. The minimum atomic E-state index is -0.974. The van der Waals surface area contributed by atoms with Crippen LogP contribution in [-0.2, 0) is 4.79 Å². The summed E-state index contributed by atoms with van der Waals surface area (Å²) in [5.41, 5.74) is 0.569. The Bertz CT molecular complexity index is 488. The minimum absolute atomic E-state index is 0.208. The van der Waals surface area contributed by atoms with Crippen molar-refractivity contribution in [3.63, 3.8) is 0 Å². The zero-order chi connectivity index (χ0) is 14.0. The summed E-state index contributed by atoms with van der Waals surface area (Å²) in [6, 6.07) is -0.953. The van der Waals surface area contributed by atoms with E-state index in [2.05, 4.69) is 10.4 Å². The van der Waals surface area contributed by atoms with Crippen LogP contribution in [0.3, 0.4) is 0 Å². The van der Waals surface area contributed by atoms with E-state index in [9.17, 15) is 9.59 Å². The second-order valence-electron chi connectivity index (χ2n) is 4.56. The summed E-state index contributed by atoms with van der Waals surface area (Å²) in [6.45, 7) is 3.96. The predicted octanol–water partition coefficient (Wildman–Crippen LogP) is 1.46. The highest BCUT2D eigenvalue weighted by Gasteiger charge is 2.34. The van der Waals surface area contributed by atoms with Crippen molar-refractivity contribution in [2.75, 3.05) is 16.9 Å². The van der Waals surface area contributed by atoms with Crippen molar-refractivity contribution in [2.45, 2.75) is 25.9 Å². The number of carbonyl (C=O) groups is 2. The van der Waals surface area contributed by atoms with Crippen molar-refractivity contribution >= 4 is 29.4 Å². The lowest BCUT2D eigenvalue weighted by Crippen LogP contribution is -2.43. The molecule has 2 heterocycles. The summed E-state index contributed by atoms with van der Waals surface area (Å²) in [7, 11) is 0. The van der Waals surface area contributed by atoms with Crippen LogP contribution in [0, 0.1) is 0 Å². The van der Waals surface area contributed by atoms with Crippen LogP contribution in [0.15, 0.2) is 12.4 Å². The molecule has 1 aliphatic rings. The first-order valence-electron chi connectivity index (χ1n) is 5.91. The SMILES string of the molecule is CC(C)n1cc(NC(=O)N2CSC[C@H]2C(=O)O)cn1. The molecule has 0 aromatic carbocycles. The van der Waals surface area contributed by atoms with E-state index in [1.165, 1.54) is 16.7 Å². The number of rotatable bonds is 3. The van der Waals surface area contributed by atoms with Gasteiger partial charge in [-0.1, -0.05) is 0 Å². The third kappa shape index (κ3) is 3.01. The maximum Gasteiger partial charge on any atom is 0.327 e. The molecule has 1 atom stereocenters. The molecule has 1 saturated heterocycles. The van der Waals surface area contributed by atoms with Gasteiger partial charge < -0.3 is 15.3 Å². The number of urea groups is 1. The number of nitrogens with zero attached hydrogens (tertiary/aromatic N) is 3. The first kappa shape index (κ1) is 13.7. The quantitative estimate of drug-likeness (QED) is 0.877. The summed E-state index contributed by atoms with van der Waals surface area (Å²) in [4.78, 5) is 24.3. The molecule has 0 unspecified atom stereocenters. The number of hydrogen-bond donors (Lipinski definition) is 2. The van der Waals surface area contributed by atoms with Gasteiger partial charge in [-0.15, -0.1) is 11.8 Å². The van der Waals surface area contributed by atoms with E-state index in [4.69, 9.17) is 5.11 Å². The lowest BCUT2D eigenvalue weighted by Gasteiger charge is -2.20. The van der Waals surface area contributed by atoms with Crippen molar-refractivity contribution in [3.8, 4) is 0 Å². The molecule has 7 nitrogen and oxygen atoms in total. The normalized spacial score (nSPS) is 18.9. The summed E-state index contributed by atoms with van der Waals surface area (Å²) >= 11 is 1.43. The molecule has 1 aromatic rings. The second-order valence-corrected chi connectivity index (χ2v) is 5.56. The van der Waals surface area contributed by atoms with Gasteiger partial charge in [-0.05, 0) is 13.8 Å². The molecule has 104 valence electrons. The van der Waals surface area contributed by atoms with Gasteiger partial charge in [0.1, 0.15) is 6.04 Å². The molecule has 2 amide bonds. The number of hydrogen-bond acceptors (Lipinski definition) is 4. The summed E-state index contributed by atoms with van der Waals surface area (Å²) in [5.74, 6) is -0.159. The fourth-order valence-electron chi connectivity index (χ4n) is 1.73. The molecular formula is C11H16N4O3S. The number of aromatic nitrogens is 2. The van der Waals surface area contributed by atoms with Crippen LogP contribution >= 0.6 is 11.8 Å². The summed E-state index contributed by atoms with van der Waals surface area (Å²) < 4.78 is 1.73. The van der Waals surface area contributed by atoms with Crippen molar-refractivity contribution < 1.29 is 14.7 Å². The van der Waals surface area contributed by atoms with E-state index < -0.39 is 18.0 Å². The van der Waals surface area contributed by atoms with Crippen molar-refractivity contribution in [1.29, 1.82) is 0 Å². The number of thioether (sulfide) groups is 1. The number of nitrogens with one attached hydrogen (secondary N) is 1. The predicted molar refractivity (Wildman–Crippen MR) is 72.2 cm³/mol. The highest BCUT2D eigenvalue weighted by molar-refractivity contribution is 7.99. The average Bonchev–Trinajstić information content (AvgIpc) is 2.96. The highest BCUT2D eigenvalue weighted by Crippen LogP contribution is 2.22. The van der Waals surface area contributed by atoms with Gasteiger partial charge in [-0.2, -0.15) is 5.10 Å². The topological polar surface area (TPSA) is 87.5 Å². The monoisotopic (exact) mass is 284 g/mol. The van der Waals surface area contributed by atoms with Gasteiger partial charge in [0.25, 0.3) is 0 Å². The van der Waals surface area contributed by atoms with Gasteiger partial charge in [0.05, 0.1) is 17.8 Å². The highest BCUT2D eigenvalue weighted by atomic mass is 32.2. The lowest BCUT2D eigenvalue weighted by atomic mass is 10.3. The van der Waals surface area contributed by atoms with Crippen molar-refractivity contribution in [3.05, 3.63) is 12.4 Å². The molecule has 19 heavy (non-hydrogen) atoms. The molecule has 0 aliphatic carbocycles. The number of aliphatic carboxylic acids is 1. The number of carboxylic acid groups (broad SMARTS) is 1. The van der Waals surface area contributed by atoms with Crippen LogP contribution in [0.5, 0.6) is 0 Å². The molecule has 1 aromatic heterocycles. The van der Waals surface area contributed by atoms with Crippen LogP contribution in [0.4, 0.5) is 10.5 Å². The Balaban J connectivity index is 2.02. The van der Waals surface area contributed by atoms with Gasteiger partial charge in [-0.25, -0.2) is 9.59 Å². The standard InChI is InChI=1S/C11H16N4O3S/c1-7(2)15-4-8(3-12-15)13-11(18)14-6-19-5-9(14)10(16)17/h3-4,7,9H,5-6H2,1-2H3,(H,13,18)(H,16,17)/t9-/m0/s1. The summed E-state index contributed by atoms with van der Waals surface area (Å²) in [5, 5.41) is 15.8. The van der Waals surface area contributed by atoms with Gasteiger partial charge >= 0.3 is 12.0 Å². The lowest BCUT2D eigenvalue weighted by molar-refractivity contribution is -0.140. The first-order chi connectivity index (χ1) is 8.99. The van der Waals surface area contributed by atoms with Gasteiger partial charge in [-0.3, -0.25) is 4.68 Å². The number of amides is 2. The molecule has 2 N–H and O–H groups in total. The second kappa shape index (κ2) is 5.52. The van der Waals surface area contributed by atoms with Crippen LogP contribution in [0.2, 0.25) is 0 Å². The average molecular weight is 284 g/mol. The van der Waals surface area contributed by atoms with E-state index in [1.807, 2.05) is 13.8 Å². The van der Waals surface area contributed by atoms with E-state index in [0.717, 1.165) is 0 Å². The van der Waals surface area contributed by atoms with E-state index in [0.29, 0.717) is 17.3 Å². The smallest absolute Gasteiger partial charge is 0.327 e. The molecule has 0 saturated carbocycles. The minimum Gasteiger partial charge on any atom is -0.480 e. The largest absolute Gasteiger partial charge is 0.480 e. The maximum absolute atomic E-state index is 12.0. The molecule has 0 bridgehead atoms. The molecule has 0 radical (unpaired) electrons. The summed E-state index contributed by atoms with van der Waals surface area (Å²) in [6.07, 6.45) is 3.28. The van der Waals surface area contributed by atoms with Crippen molar-refractivity contribution in [2.24, 2.45) is 0 Å². The van der Waals surface area contributed by atoms with E-state index in [-0.39, 0.29) is 6.04 Å². The third-order valence-corrected chi connectivity index (χ3v) is 3.82. The molecule has 1 fully saturated rings. The Morgan fingerprint density at radius 2 is 2.32 bits per heavy atom. The van der Waals surface area contributed by atoms with Crippen LogP contribution < -0.4 is 5.32 Å². The van der Waals surface area contributed by atoms with Crippen LogP contribution in [-0.4, -0.2) is 49.5 Å². The molecule has 0 spiro atoms. The fourth-order valence-corrected chi connectivity index (χ4v) is 2.87. The van der Waals surface area contributed by atoms with Gasteiger partial charge in [0.15, 0.2) is 0 Å². The number of carbonyl (C=O) groups excluding carboxylic acids is 1. The molecule has 1 aliphatic heterocycles. The number of anilines is 1. The molecular weight excluding hydrogens is 268 g/mol. The van der Waals surface area contributed by atoms with E-state index >= 15 is 0 Å². The molecule has 2 rings (SSSR count). The first-order valence-corrected chi connectivity index (χ1v) is 7.07. The maximum atomic E-state index is 12.0. The molecule has 8 heteroatoms. The Morgan fingerprint density at radius 3 is 2.89 bits per heavy atom. The number of carboxylic acids is 1.